The first kappa shape index (κ1) is 16.0. The average Bonchev–Trinajstić information content (AvgIpc) is 2.75. The summed E-state index contributed by atoms with van der Waals surface area (Å²) in [7, 11) is 0. The number of anilines is 1. The first-order valence-electron chi connectivity index (χ1n) is 6.68. The largest absolute Gasteiger partial charge is 0.498 e. The summed E-state index contributed by atoms with van der Waals surface area (Å²) in [5.74, 6) is -1.17. The molecule has 2 rings (SSSR count). The second-order valence-electron chi connectivity index (χ2n) is 4.55. The van der Waals surface area contributed by atoms with Crippen molar-refractivity contribution >= 4 is 34.9 Å². The van der Waals surface area contributed by atoms with Crippen LogP contribution in [0.1, 0.15) is 20.3 Å². The molecule has 1 amide bonds. The number of hydrazone groups is 1. The lowest BCUT2D eigenvalue weighted by molar-refractivity contribution is -0.135. The van der Waals surface area contributed by atoms with E-state index in [1.165, 1.54) is 0 Å². The highest BCUT2D eigenvalue weighted by Crippen LogP contribution is 2.31. The molecule has 0 saturated carbocycles. The molecule has 7 heteroatoms. The van der Waals surface area contributed by atoms with Crippen LogP contribution >= 0.6 is 11.6 Å². The molecule has 1 heterocycles. The minimum absolute atomic E-state index is 0.156. The highest BCUT2D eigenvalue weighted by molar-refractivity contribution is 6.37. The number of carbonyl (C=O) groups excluding carboxylic acids is 1. The van der Waals surface area contributed by atoms with E-state index in [1.54, 1.807) is 38.1 Å². The van der Waals surface area contributed by atoms with Crippen molar-refractivity contribution in [3.8, 4) is 0 Å². The number of nitrogens with zero attached hydrogens (tertiary/aromatic N) is 2. The molecule has 0 saturated heterocycles. The zero-order chi connectivity index (χ0) is 16.3. The van der Waals surface area contributed by atoms with Gasteiger partial charge < -0.3 is 9.84 Å². The molecular formula is C15H15ClN2O4. The molecule has 0 bridgehead atoms. The van der Waals surface area contributed by atoms with Crippen LogP contribution in [-0.4, -0.2) is 29.3 Å². The minimum atomic E-state index is -1.07. The van der Waals surface area contributed by atoms with E-state index < -0.39 is 11.9 Å². The Morgan fingerprint density at radius 1 is 1.41 bits per heavy atom. The molecule has 0 fully saturated rings. The van der Waals surface area contributed by atoms with Gasteiger partial charge in [0.1, 0.15) is 11.3 Å². The Labute approximate surface area is 132 Å². The van der Waals surface area contributed by atoms with Crippen LogP contribution in [0.2, 0.25) is 5.02 Å². The Morgan fingerprint density at radius 2 is 2.09 bits per heavy atom. The molecule has 1 aromatic carbocycles. The number of halogens is 1. The minimum Gasteiger partial charge on any atom is -0.498 e. The van der Waals surface area contributed by atoms with Gasteiger partial charge in [-0.15, -0.1) is 0 Å². The zero-order valence-electron chi connectivity index (χ0n) is 12.2. The lowest BCUT2D eigenvalue weighted by Crippen LogP contribution is -2.23. The first-order chi connectivity index (χ1) is 10.5. The van der Waals surface area contributed by atoms with E-state index in [4.69, 9.17) is 21.4 Å². The smallest absolute Gasteiger partial charge is 0.309 e. The second kappa shape index (κ2) is 6.62. The number of aliphatic carboxylic acids is 1. The number of hydrogen-bond acceptors (Lipinski definition) is 4. The fourth-order valence-electron chi connectivity index (χ4n) is 2.14. The SMILES string of the molecule is CCO/C(C)=C1/C(=O)N(c2ccccc2Cl)N=C1CC(=O)O. The van der Waals surface area contributed by atoms with Crippen LogP contribution in [0.15, 0.2) is 40.7 Å². The number of carbonyl (C=O) groups is 2. The van der Waals surface area contributed by atoms with Gasteiger partial charge >= 0.3 is 5.97 Å². The number of amides is 1. The van der Waals surface area contributed by atoms with Crippen molar-refractivity contribution in [2.45, 2.75) is 20.3 Å². The summed E-state index contributed by atoms with van der Waals surface area (Å²) in [5.41, 5.74) is 0.726. The van der Waals surface area contributed by atoms with Gasteiger partial charge in [-0.1, -0.05) is 23.7 Å². The van der Waals surface area contributed by atoms with Crippen molar-refractivity contribution in [1.29, 1.82) is 0 Å². The Kier molecular flexibility index (Phi) is 4.82. The Bertz CT molecular complexity index is 682. The summed E-state index contributed by atoms with van der Waals surface area (Å²) >= 11 is 6.08. The predicted octanol–water partition coefficient (Wildman–Crippen LogP) is 2.83. The molecule has 6 nitrogen and oxygen atoms in total. The van der Waals surface area contributed by atoms with Crippen LogP contribution in [0, 0.1) is 0 Å². The summed E-state index contributed by atoms with van der Waals surface area (Å²) in [6.45, 7) is 3.77. The van der Waals surface area contributed by atoms with Gasteiger partial charge in [0, 0.05) is 0 Å². The maximum absolute atomic E-state index is 12.6. The topological polar surface area (TPSA) is 79.2 Å². The van der Waals surface area contributed by atoms with E-state index in [-0.39, 0.29) is 17.7 Å². The van der Waals surface area contributed by atoms with Gasteiger partial charge in [-0.05, 0) is 26.0 Å². The number of hydrogen-bond donors (Lipinski definition) is 1. The molecule has 1 N–H and O–H groups in total. The standard InChI is InChI=1S/C15H15ClN2O4/c1-3-22-9(2)14-11(8-13(19)20)17-18(15(14)21)12-7-5-4-6-10(12)16/h4-7H,3,8H2,1-2H3,(H,19,20)/b14-9+. The van der Waals surface area contributed by atoms with Gasteiger partial charge in [0.2, 0.25) is 0 Å². The molecule has 0 spiro atoms. The van der Waals surface area contributed by atoms with Crippen LogP contribution in [0.25, 0.3) is 0 Å². The lowest BCUT2D eigenvalue weighted by Gasteiger charge is -2.13. The molecule has 0 atom stereocenters. The molecule has 0 aliphatic carbocycles. The maximum atomic E-state index is 12.6. The van der Waals surface area contributed by atoms with Crippen LogP contribution in [0.5, 0.6) is 0 Å². The third-order valence-corrected chi connectivity index (χ3v) is 3.35. The number of carboxylic acids is 1. The van der Waals surface area contributed by atoms with E-state index in [9.17, 15) is 9.59 Å². The van der Waals surface area contributed by atoms with Crippen LogP contribution in [-0.2, 0) is 14.3 Å². The van der Waals surface area contributed by atoms with Gasteiger partial charge in [0.15, 0.2) is 0 Å². The van der Waals surface area contributed by atoms with Crippen LogP contribution < -0.4 is 5.01 Å². The molecule has 1 aromatic rings. The van der Waals surface area contributed by atoms with E-state index in [0.29, 0.717) is 23.1 Å². The van der Waals surface area contributed by atoms with Gasteiger partial charge in [0.25, 0.3) is 5.91 Å². The third kappa shape index (κ3) is 3.12. The van der Waals surface area contributed by atoms with Gasteiger partial charge in [0.05, 0.1) is 29.4 Å². The third-order valence-electron chi connectivity index (χ3n) is 3.03. The van der Waals surface area contributed by atoms with Crippen molar-refractivity contribution in [2.24, 2.45) is 5.10 Å². The molecule has 22 heavy (non-hydrogen) atoms. The molecule has 0 radical (unpaired) electrons. The summed E-state index contributed by atoms with van der Waals surface area (Å²) in [6.07, 6.45) is -0.369. The maximum Gasteiger partial charge on any atom is 0.309 e. The highest BCUT2D eigenvalue weighted by Gasteiger charge is 2.35. The van der Waals surface area contributed by atoms with Gasteiger partial charge in [-0.3, -0.25) is 9.59 Å². The van der Waals surface area contributed by atoms with Crippen molar-refractivity contribution in [3.05, 3.63) is 40.6 Å². The fourth-order valence-corrected chi connectivity index (χ4v) is 2.36. The molecule has 116 valence electrons. The molecule has 0 aromatic heterocycles. The van der Waals surface area contributed by atoms with Crippen molar-refractivity contribution in [2.75, 3.05) is 11.6 Å². The number of ether oxygens (including phenoxy) is 1. The molecule has 1 aliphatic heterocycles. The zero-order valence-corrected chi connectivity index (χ0v) is 12.9. The van der Waals surface area contributed by atoms with Crippen LogP contribution in [0.4, 0.5) is 5.69 Å². The Morgan fingerprint density at radius 3 is 2.68 bits per heavy atom. The van der Waals surface area contributed by atoms with Crippen molar-refractivity contribution in [3.63, 3.8) is 0 Å². The fraction of sp³-hybridized carbons (Fsp3) is 0.267. The van der Waals surface area contributed by atoms with Crippen molar-refractivity contribution < 1.29 is 19.4 Å². The Balaban J connectivity index is 2.49. The van der Waals surface area contributed by atoms with Gasteiger partial charge in [-0.2, -0.15) is 10.1 Å². The monoisotopic (exact) mass is 322 g/mol. The normalized spacial score (nSPS) is 16.6. The van der Waals surface area contributed by atoms with E-state index in [2.05, 4.69) is 5.10 Å². The van der Waals surface area contributed by atoms with E-state index >= 15 is 0 Å². The second-order valence-corrected chi connectivity index (χ2v) is 4.96. The van der Waals surface area contributed by atoms with Crippen LogP contribution in [0.3, 0.4) is 0 Å². The summed E-state index contributed by atoms with van der Waals surface area (Å²) in [6, 6.07) is 6.73. The number of benzene rings is 1. The Hall–Kier alpha value is -2.34. The molecule has 1 aliphatic rings. The summed E-state index contributed by atoms with van der Waals surface area (Å²) in [4.78, 5) is 23.6. The predicted molar refractivity (Wildman–Crippen MR) is 83.0 cm³/mol. The van der Waals surface area contributed by atoms with Crippen molar-refractivity contribution in [1.82, 2.24) is 0 Å². The van der Waals surface area contributed by atoms with E-state index in [1.807, 2.05) is 0 Å². The highest BCUT2D eigenvalue weighted by atomic mass is 35.5. The number of allylic oxidation sites excluding steroid dienone is 1. The number of rotatable bonds is 5. The average molecular weight is 323 g/mol. The summed E-state index contributed by atoms with van der Waals surface area (Å²) in [5, 5.41) is 14.6. The molecule has 0 unspecified atom stereocenters. The van der Waals surface area contributed by atoms with E-state index in [0.717, 1.165) is 5.01 Å². The summed E-state index contributed by atoms with van der Waals surface area (Å²) < 4.78 is 5.35. The quantitative estimate of drug-likeness (QED) is 0.667. The number of carboxylic acid groups (broad SMARTS) is 1. The lowest BCUT2D eigenvalue weighted by atomic mass is 10.1. The number of para-hydroxylation sites is 1. The van der Waals surface area contributed by atoms with Gasteiger partial charge in [-0.25, -0.2) is 0 Å². The first-order valence-corrected chi connectivity index (χ1v) is 7.05. The molecular weight excluding hydrogens is 308 g/mol.